The molecule has 2 rings (SSSR count). The minimum atomic E-state index is -0.286. The van der Waals surface area contributed by atoms with Crippen LogP contribution < -0.4 is 10.2 Å². The highest BCUT2D eigenvalue weighted by Crippen LogP contribution is 2.20. The average molecular weight is 333 g/mol. The smallest absolute Gasteiger partial charge is 0.275 e. The highest BCUT2D eigenvalue weighted by Gasteiger charge is 2.11. The van der Waals surface area contributed by atoms with E-state index in [2.05, 4.69) is 22.2 Å². The predicted molar refractivity (Wildman–Crippen MR) is 94.4 cm³/mol. The molecule has 1 aromatic heterocycles. The number of halogens is 1. The molecule has 0 radical (unpaired) electrons. The molecule has 0 aliphatic rings. The Morgan fingerprint density at radius 3 is 2.70 bits per heavy atom. The Bertz CT molecular complexity index is 673. The number of anilines is 2. The van der Waals surface area contributed by atoms with Crippen molar-refractivity contribution in [2.75, 3.05) is 23.8 Å². The van der Waals surface area contributed by atoms with Crippen LogP contribution in [0, 0.1) is 6.92 Å². The molecule has 0 atom stereocenters. The van der Waals surface area contributed by atoms with Gasteiger partial charge in [0.15, 0.2) is 0 Å². The van der Waals surface area contributed by atoms with Gasteiger partial charge in [-0.15, -0.1) is 0 Å². The van der Waals surface area contributed by atoms with Crippen molar-refractivity contribution in [1.82, 2.24) is 9.97 Å². The van der Waals surface area contributed by atoms with Crippen molar-refractivity contribution in [2.45, 2.75) is 26.7 Å². The third-order valence-electron chi connectivity index (χ3n) is 3.55. The summed E-state index contributed by atoms with van der Waals surface area (Å²) in [7, 11) is 1.97. The van der Waals surface area contributed by atoms with E-state index in [0.717, 1.165) is 30.8 Å². The van der Waals surface area contributed by atoms with Crippen LogP contribution in [0.25, 0.3) is 0 Å². The van der Waals surface area contributed by atoms with E-state index in [1.165, 1.54) is 6.20 Å². The van der Waals surface area contributed by atoms with Gasteiger partial charge in [0.05, 0.1) is 12.4 Å². The molecule has 0 unspecified atom stereocenters. The molecule has 6 heteroatoms. The lowest BCUT2D eigenvalue weighted by atomic mass is 10.2. The number of nitrogens with zero attached hydrogens (tertiary/aromatic N) is 3. The summed E-state index contributed by atoms with van der Waals surface area (Å²) in [4.78, 5) is 22.8. The Labute approximate surface area is 141 Å². The van der Waals surface area contributed by atoms with Gasteiger partial charge in [-0.05, 0) is 37.1 Å². The molecular weight excluding hydrogens is 312 g/mol. The highest BCUT2D eigenvalue weighted by atomic mass is 35.5. The number of hydrogen-bond acceptors (Lipinski definition) is 4. The van der Waals surface area contributed by atoms with E-state index >= 15 is 0 Å². The van der Waals surface area contributed by atoms with E-state index in [0.29, 0.717) is 10.7 Å². The van der Waals surface area contributed by atoms with Gasteiger partial charge < -0.3 is 10.2 Å². The van der Waals surface area contributed by atoms with Crippen LogP contribution in [-0.2, 0) is 0 Å². The first-order valence-corrected chi connectivity index (χ1v) is 7.99. The van der Waals surface area contributed by atoms with Gasteiger partial charge in [0.2, 0.25) is 0 Å². The molecular formula is C17H21ClN4O. The van der Waals surface area contributed by atoms with Crippen LogP contribution in [0.4, 0.5) is 11.5 Å². The molecule has 1 aromatic carbocycles. The van der Waals surface area contributed by atoms with Crippen molar-refractivity contribution >= 4 is 29.0 Å². The second-order valence-corrected chi connectivity index (χ2v) is 5.88. The number of aromatic nitrogens is 2. The van der Waals surface area contributed by atoms with Gasteiger partial charge in [-0.1, -0.05) is 24.9 Å². The summed E-state index contributed by atoms with van der Waals surface area (Å²) < 4.78 is 0. The van der Waals surface area contributed by atoms with E-state index in [4.69, 9.17) is 11.6 Å². The van der Waals surface area contributed by atoms with E-state index in [1.807, 2.05) is 18.9 Å². The molecule has 1 heterocycles. The van der Waals surface area contributed by atoms with E-state index in [9.17, 15) is 4.79 Å². The number of amides is 1. The molecule has 1 N–H and O–H groups in total. The number of aryl methyl sites for hydroxylation is 1. The Hall–Kier alpha value is -2.14. The summed E-state index contributed by atoms with van der Waals surface area (Å²) in [6, 6.07) is 5.31. The maximum atomic E-state index is 12.2. The summed E-state index contributed by atoms with van der Waals surface area (Å²) in [5, 5.41) is 3.46. The summed E-state index contributed by atoms with van der Waals surface area (Å²) >= 11 is 5.91. The van der Waals surface area contributed by atoms with Gasteiger partial charge in [0.1, 0.15) is 11.5 Å². The number of carbonyl (C=O) groups excluding carboxylic acids is 1. The highest BCUT2D eigenvalue weighted by molar-refractivity contribution is 6.30. The maximum absolute atomic E-state index is 12.2. The van der Waals surface area contributed by atoms with Gasteiger partial charge >= 0.3 is 0 Å². The van der Waals surface area contributed by atoms with Crippen molar-refractivity contribution in [3.05, 3.63) is 46.9 Å². The number of nitrogens with one attached hydrogen (secondary N) is 1. The summed E-state index contributed by atoms with van der Waals surface area (Å²) in [6.45, 7) is 4.95. The Morgan fingerprint density at radius 2 is 2.09 bits per heavy atom. The van der Waals surface area contributed by atoms with Crippen LogP contribution in [0.3, 0.4) is 0 Å². The second-order valence-electron chi connectivity index (χ2n) is 5.45. The molecule has 2 aromatic rings. The van der Waals surface area contributed by atoms with Crippen LogP contribution in [0.15, 0.2) is 30.6 Å². The third-order valence-corrected chi connectivity index (χ3v) is 3.78. The Morgan fingerprint density at radius 1 is 1.30 bits per heavy atom. The first kappa shape index (κ1) is 17.2. The van der Waals surface area contributed by atoms with Crippen LogP contribution in [0.2, 0.25) is 5.02 Å². The van der Waals surface area contributed by atoms with Crippen LogP contribution in [0.5, 0.6) is 0 Å². The zero-order valence-electron chi connectivity index (χ0n) is 13.6. The van der Waals surface area contributed by atoms with Crippen LogP contribution in [0.1, 0.15) is 35.8 Å². The van der Waals surface area contributed by atoms with Gasteiger partial charge in [-0.3, -0.25) is 4.79 Å². The Balaban J connectivity index is 2.05. The quantitative estimate of drug-likeness (QED) is 0.870. The summed E-state index contributed by atoms with van der Waals surface area (Å²) in [5.41, 5.74) is 1.90. The van der Waals surface area contributed by atoms with Crippen molar-refractivity contribution in [3.63, 3.8) is 0 Å². The fourth-order valence-corrected chi connectivity index (χ4v) is 2.33. The van der Waals surface area contributed by atoms with Crippen molar-refractivity contribution in [2.24, 2.45) is 0 Å². The van der Waals surface area contributed by atoms with Crippen molar-refractivity contribution < 1.29 is 4.79 Å². The molecule has 0 aliphatic carbocycles. The molecule has 122 valence electrons. The number of hydrogen-bond donors (Lipinski definition) is 1. The molecule has 0 saturated carbocycles. The summed E-state index contributed by atoms with van der Waals surface area (Å²) in [6.07, 6.45) is 5.34. The van der Waals surface area contributed by atoms with E-state index < -0.39 is 0 Å². The Kier molecular flexibility index (Phi) is 5.93. The monoisotopic (exact) mass is 332 g/mol. The van der Waals surface area contributed by atoms with Gasteiger partial charge in [0.25, 0.3) is 5.91 Å². The molecule has 23 heavy (non-hydrogen) atoms. The topological polar surface area (TPSA) is 58.1 Å². The zero-order valence-corrected chi connectivity index (χ0v) is 14.4. The van der Waals surface area contributed by atoms with Crippen LogP contribution in [-0.4, -0.2) is 29.5 Å². The average Bonchev–Trinajstić information content (AvgIpc) is 2.55. The molecule has 0 saturated heterocycles. The lowest BCUT2D eigenvalue weighted by Crippen LogP contribution is -2.21. The van der Waals surface area contributed by atoms with Gasteiger partial charge in [-0.2, -0.15) is 0 Å². The normalized spacial score (nSPS) is 10.4. The first-order valence-electron chi connectivity index (χ1n) is 7.62. The van der Waals surface area contributed by atoms with E-state index in [-0.39, 0.29) is 11.6 Å². The first-order chi connectivity index (χ1) is 11.0. The zero-order chi connectivity index (χ0) is 16.8. The molecule has 0 fully saturated rings. The second kappa shape index (κ2) is 7.92. The molecule has 0 aliphatic heterocycles. The standard InChI is InChI=1S/C17H21ClN4O/c1-4-5-8-22(3)16-11-19-15(10-20-16)17(23)21-14-7-6-13(18)9-12(14)2/h6-7,9-11H,4-5,8H2,1-3H3,(H,21,23). The number of benzene rings is 1. The fraction of sp³-hybridized carbons (Fsp3) is 0.353. The fourth-order valence-electron chi connectivity index (χ4n) is 2.10. The molecule has 5 nitrogen and oxygen atoms in total. The number of unbranched alkanes of at least 4 members (excludes halogenated alkanes) is 1. The largest absolute Gasteiger partial charge is 0.358 e. The van der Waals surface area contributed by atoms with Crippen molar-refractivity contribution in [3.8, 4) is 0 Å². The SMILES string of the molecule is CCCCN(C)c1cnc(C(=O)Nc2ccc(Cl)cc2C)cn1. The van der Waals surface area contributed by atoms with Crippen LogP contribution >= 0.6 is 11.6 Å². The lowest BCUT2D eigenvalue weighted by Gasteiger charge is -2.17. The van der Waals surface area contributed by atoms with Crippen molar-refractivity contribution in [1.29, 1.82) is 0 Å². The number of carbonyl (C=O) groups is 1. The molecule has 0 bridgehead atoms. The minimum absolute atomic E-state index is 0.284. The minimum Gasteiger partial charge on any atom is -0.358 e. The predicted octanol–water partition coefficient (Wildman–Crippen LogP) is 3.93. The lowest BCUT2D eigenvalue weighted by molar-refractivity contribution is 0.102. The molecule has 0 spiro atoms. The third kappa shape index (κ3) is 4.66. The van der Waals surface area contributed by atoms with Gasteiger partial charge in [-0.25, -0.2) is 9.97 Å². The van der Waals surface area contributed by atoms with E-state index in [1.54, 1.807) is 24.4 Å². The number of rotatable bonds is 6. The van der Waals surface area contributed by atoms with Gasteiger partial charge in [0, 0.05) is 24.3 Å². The molecule has 1 amide bonds. The summed E-state index contributed by atoms with van der Waals surface area (Å²) in [5.74, 6) is 0.475. The maximum Gasteiger partial charge on any atom is 0.275 e.